The van der Waals surface area contributed by atoms with E-state index in [1.807, 2.05) is 27.0 Å². The van der Waals surface area contributed by atoms with Crippen LogP contribution in [0, 0.1) is 12.7 Å². The van der Waals surface area contributed by atoms with Gasteiger partial charge in [-0.1, -0.05) is 48.0 Å². The van der Waals surface area contributed by atoms with E-state index in [9.17, 15) is 27.2 Å². The van der Waals surface area contributed by atoms with Crippen LogP contribution in [0.3, 0.4) is 0 Å². The number of ketones is 1. The first-order valence-corrected chi connectivity index (χ1v) is 15.9. The van der Waals surface area contributed by atoms with Crippen molar-refractivity contribution in [2.45, 2.75) is 64.3 Å². The minimum Gasteiger partial charge on any atom is -0.494 e. The van der Waals surface area contributed by atoms with Crippen LogP contribution in [0.5, 0.6) is 5.75 Å². The van der Waals surface area contributed by atoms with Crippen LogP contribution < -0.4 is 10.1 Å². The molecule has 45 heavy (non-hydrogen) atoms. The molecule has 1 heterocycles. The van der Waals surface area contributed by atoms with Crippen LogP contribution in [0.4, 0.5) is 17.6 Å². The van der Waals surface area contributed by atoms with Crippen LogP contribution >= 0.6 is 22.9 Å². The second-order valence-electron chi connectivity index (χ2n) is 11.2. The van der Waals surface area contributed by atoms with Crippen LogP contribution in [0.2, 0.25) is 5.02 Å². The summed E-state index contributed by atoms with van der Waals surface area (Å²) in [5.74, 6) is -2.07. The molecule has 5 nitrogen and oxygen atoms in total. The highest BCUT2D eigenvalue weighted by Crippen LogP contribution is 2.41. The molecule has 1 aromatic heterocycles. The zero-order chi connectivity index (χ0) is 32.5. The Kier molecular flexibility index (Phi) is 9.86. The molecule has 4 aromatic rings. The summed E-state index contributed by atoms with van der Waals surface area (Å²) in [7, 11) is 1.92. The van der Waals surface area contributed by atoms with Gasteiger partial charge in [0.15, 0.2) is 0 Å². The average molecular weight is 661 g/mol. The fraction of sp³-hybridized carbons (Fsp3) is 0.353. The zero-order valence-electron chi connectivity index (χ0n) is 25.1. The Morgan fingerprint density at radius 2 is 1.69 bits per heavy atom. The molecule has 1 amide bonds. The predicted molar refractivity (Wildman–Crippen MR) is 170 cm³/mol. The summed E-state index contributed by atoms with van der Waals surface area (Å²) >= 11 is 7.83. The van der Waals surface area contributed by atoms with E-state index in [0.29, 0.717) is 45.2 Å². The van der Waals surface area contributed by atoms with E-state index in [1.54, 1.807) is 23.1 Å². The van der Waals surface area contributed by atoms with Gasteiger partial charge in [0.1, 0.15) is 16.4 Å². The highest BCUT2D eigenvalue weighted by Gasteiger charge is 2.39. The molecule has 5 rings (SSSR count). The lowest BCUT2D eigenvalue weighted by Gasteiger charge is -2.37. The molecule has 3 aromatic carbocycles. The number of hydrogen-bond acceptors (Lipinski definition) is 5. The quantitative estimate of drug-likeness (QED) is 0.144. The van der Waals surface area contributed by atoms with Crippen LogP contribution in [-0.4, -0.2) is 48.5 Å². The Morgan fingerprint density at radius 3 is 2.29 bits per heavy atom. The number of ether oxygens (including phenoxy) is 1. The molecule has 1 fully saturated rings. The number of halogens is 5. The molecule has 1 aliphatic carbocycles. The molecule has 0 radical (unpaired) electrons. The maximum absolute atomic E-state index is 14.8. The highest BCUT2D eigenvalue weighted by atomic mass is 35.5. The number of hydrogen-bond donors (Lipinski definition) is 1. The van der Waals surface area contributed by atoms with Gasteiger partial charge in [0.05, 0.1) is 16.3 Å². The number of aryl methyl sites for hydroxylation is 1. The van der Waals surface area contributed by atoms with Gasteiger partial charge in [0.25, 0.3) is 11.7 Å². The fourth-order valence-corrected chi connectivity index (χ4v) is 7.57. The maximum atomic E-state index is 14.8. The Labute approximate surface area is 268 Å². The third kappa shape index (κ3) is 6.88. The summed E-state index contributed by atoms with van der Waals surface area (Å²) in [5.41, 5.74) is 2.32. The van der Waals surface area contributed by atoms with Gasteiger partial charge < -0.3 is 15.0 Å². The first-order chi connectivity index (χ1) is 21.4. The SMILES string of the molecule is CCOc1ccc(-c2ccc(C(=O)C(F)(F)F)cc2)cc1CN(C(=O)c1sc2c(F)ccc(C)c2c1Cl)[C@H]1CC[C@H](NC)CC1. The third-order valence-electron chi connectivity index (χ3n) is 8.38. The molecule has 1 saturated carbocycles. The number of benzene rings is 3. The predicted octanol–water partition coefficient (Wildman–Crippen LogP) is 8.99. The monoisotopic (exact) mass is 660 g/mol. The molecule has 0 saturated heterocycles. The number of Topliss-reactive ketones (excluding diaryl/α,β-unsaturated/α-hetero) is 1. The lowest BCUT2D eigenvalue weighted by atomic mass is 9.89. The number of nitrogens with one attached hydrogen (secondary N) is 1. The van der Waals surface area contributed by atoms with E-state index in [4.69, 9.17) is 16.3 Å². The summed E-state index contributed by atoms with van der Waals surface area (Å²) in [6.45, 7) is 4.23. The Bertz CT molecular complexity index is 1710. The molecule has 0 bridgehead atoms. The molecule has 0 atom stereocenters. The summed E-state index contributed by atoms with van der Waals surface area (Å²) < 4.78 is 59.9. The van der Waals surface area contributed by atoms with E-state index in [2.05, 4.69) is 5.32 Å². The molecule has 238 valence electrons. The summed E-state index contributed by atoms with van der Waals surface area (Å²) in [6, 6.07) is 13.9. The molecule has 0 aliphatic heterocycles. The topological polar surface area (TPSA) is 58.6 Å². The standard InChI is InChI=1S/C34H33ClF4N2O3S/c1-4-44-27-16-10-22(20-6-8-21(9-7-20)32(42)34(37,38)39)17-23(27)18-41(25-13-11-24(40-3)12-14-25)33(43)31-29(35)28-19(2)5-15-26(36)30(28)45-31/h5-10,15-17,24-25,40H,4,11-14,18H2,1-3H3/t24-,25-. The Morgan fingerprint density at radius 1 is 1.02 bits per heavy atom. The Balaban J connectivity index is 1.54. The number of nitrogens with zero attached hydrogens (tertiary/aromatic N) is 1. The highest BCUT2D eigenvalue weighted by molar-refractivity contribution is 7.21. The number of amides is 1. The second-order valence-corrected chi connectivity index (χ2v) is 12.6. The number of alkyl halides is 3. The molecule has 11 heteroatoms. The van der Waals surface area contributed by atoms with Crippen molar-refractivity contribution >= 4 is 44.7 Å². The summed E-state index contributed by atoms with van der Waals surface area (Å²) in [4.78, 5) is 28.1. The summed E-state index contributed by atoms with van der Waals surface area (Å²) in [6.07, 6.45) is -1.70. The van der Waals surface area contributed by atoms with Crippen molar-refractivity contribution < 1.29 is 31.9 Å². The third-order valence-corrected chi connectivity index (χ3v) is 10.1. The van der Waals surface area contributed by atoms with Gasteiger partial charge >= 0.3 is 6.18 Å². The van der Waals surface area contributed by atoms with Gasteiger partial charge in [0, 0.05) is 35.1 Å². The van der Waals surface area contributed by atoms with Gasteiger partial charge in [-0.15, -0.1) is 11.3 Å². The largest absolute Gasteiger partial charge is 0.494 e. The van der Waals surface area contributed by atoms with Crippen molar-refractivity contribution in [1.82, 2.24) is 10.2 Å². The van der Waals surface area contributed by atoms with Crippen molar-refractivity contribution in [1.29, 1.82) is 0 Å². The van der Waals surface area contributed by atoms with Crippen LogP contribution in [-0.2, 0) is 6.54 Å². The van der Waals surface area contributed by atoms with Gasteiger partial charge in [-0.25, -0.2) is 4.39 Å². The number of rotatable bonds is 9. The summed E-state index contributed by atoms with van der Waals surface area (Å²) in [5, 5.41) is 4.09. The molecule has 1 aliphatic rings. The maximum Gasteiger partial charge on any atom is 0.454 e. The number of carbonyl (C=O) groups excluding carboxylic acids is 2. The van der Waals surface area contributed by atoms with Crippen molar-refractivity contribution in [3.63, 3.8) is 0 Å². The van der Waals surface area contributed by atoms with Crippen molar-refractivity contribution in [2.24, 2.45) is 0 Å². The van der Waals surface area contributed by atoms with Gasteiger partial charge in [0.2, 0.25) is 0 Å². The van der Waals surface area contributed by atoms with Crippen molar-refractivity contribution in [3.05, 3.63) is 87.0 Å². The van der Waals surface area contributed by atoms with E-state index in [1.165, 1.54) is 18.2 Å². The molecular formula is C34H33ClF4N2O3S. The zero-order valence-corrected chi connectivity index (χ0v) is 26.6. The minimum absolute atomic E-state index is 0.111. The molecular weight excluding hydrogens is 628 g/mol. The average Bonchev–Trinajstić information content (AvgIpc) is 3.39. The van der Waals surface area contributed by atoms with E-state index in [0.717, 1.165) is 54.7 Å². The van der Waals surface area contributed by atoms with Crippen LogP contribution in [0.1, 0.15) is 63.8 Å². The molecule has 0 spiro atoms. The normalized spacial score (nSPS) is 17.0. The fourth-order valence-electron chi connectivity index (χ4n) is 5.94. The first-order valence-electron chi connectivity index (χ1n) is 14.8. The van der Waals surface area contributed by atoms with Crippen molar-refractivity contribution in [2.75, 3.05) is 13.7 Å². The van der Waals surface area contributed by atoms with Gasteiger partial charge in [-0.05, 0) is 81.5 Å². The Hall–Kier alpha value is -3.47. The number of fused-ring (bicyclic) bond motifs is 1. The lowest BCUT2D eigenvalue weighted by Crippen LogP contribution is -2.44. The van der Waals surface area contributed by atoms with E-state index >= 15 is 0 Å². The minimum atomic E-state index is -4.96. The van der Waals surface area contributed by atoms with E-state index < -0.39 is 23.3 Å². The molecule has 0 unspecified atom stereocenters. The molecule has 1 N–H and O–H groups in total. The second kappa shape index (κ2) is 13.5. The smallest absolute Gasteiger partial charge is 0.454 e. The van der Waals surface area contributed by atoms with Gasteiger partial charge in [-0.3, -0.25) is 9.59 Å². The first kappa shape index (κ1) is 32.9. The number of thiophene rings is 1. The van der Waals surface area contributed by atoms with Gasteiger partial charge in [-0.2, -0.15) is 13.2 Å². The van der Waals surface area contributed by atoms with Crippen molar-refractivity contribution in [3.8, 4) is 16.9 Å². The lowest BCUT2D eigenvalue weighted by molar-refractivity contribution is -0.0885. The van der Waals surface area contributed by atoms with E-state index in [-0.39, 0.29) is 28.4 Å². The van der Waals surface area contributed by atoms with Crippen LogP contribution in [0.15, 0.2) is 54.6 Å². The van der Waals surface area contributed by atoms with Crippen LogP contribution in [0.25, 0.3) is 21.2 Å². The number of carbonyl (C=O) groups is 2.